The molecule has 0 saturated carbocycles. The van der Waals surface area contributed by atoms with Crippen LogP contribution in [0.2, 0.25) is 10.0 Å². The smallest absolute Gasteiger partial charge is 0.239 e. The van der Waals surface area contributed by atoms with Gasteiger partial charge in [-0.25, -0.2) is 4.99 Å². The molecule has 2 aromatic rings. The molecule has 0 radical (unpaired) electrons. The lowest BCUT2D eigenvalue weighted by Gasteiger charge is -2.16. The van der Waals surface area contributed by atoms with Crippen molar-refractivity contribution in [3.05, 3.63) is 52.0 Å². The van der Waals surface area contributed by atoms with E-state index in [9.17, 15) is 4.79 Å². The van der Waals surface area contributed by atoms with Crippen molar-refractivity contribution in [1.82, 2.24) is 4.90 Å². The highest BCUT2D eigenvalue weighted by Gasteiger charge is 2.28. The van der Waals surface area contributed by atoms with Crippen molar-refractivity contribution in [2.45, 2.75) is 6.42 Å². The third-order valence-electron chi connectivity index (χ3n) is 4.06. The van der Waals surface area contributed by atoms with E-state index in [1.54, 1.807) is 37.3 Å². The number of methoxy groups -OCH3 is 2. The topological polar surface area (TPSA) is 51.1 Å². The number of ether oxygens (including phenoxy) is 2. The van der Waals surface area contributed by atoms with Gasteiger partial charge in [0.1, 0.15) is 0 Å². The molecule has 0 aliphatic carbocycles. The summed E-state index contributed by atoms with van der Waals surface area (Å²) >= 11 is 13.4. The zero-order chi connectivity index (χ0) is 19.4. The Labute approximate surface area is 172 Å². The van der Waals surface area contributed by atoms with E-state index in [2.05, 4.69) is 4.99 Å². The van der Waals surface area contributed by atoms with Gasteiger partial charge in [0.25, 0.3) is 0 Å². The van der Waals surface area contributed by atoms with E-state index in [0.717, 1.165) is 5.56 Å². The van der Waals surface area contributed by atoms with Gasteiger partial charge < -0.3 is 9.47 Å². The van der Waals surface area contributed by atoms with Crippen LogP contribution < -0.4 is 9.47 Å². The fraction of sp³-hybridized carbons (Fsp3) is 0.263. The van der Waals surface area contributed by atoms with Gasteiger partial charge in [0.15, 0.2) is 16.7 Å². The van der Waals surface area contributed by atoms with Gasteiger partial charge in [0.05, 0.1) is 35.7 Å². The standard InChI is InChI=1S/C19H18Cl2N2O3S/c1-25-16-6-3-12(9-17(16)26-2)7-8-23-18(24)11-27-19(23)22-13-4-5-14(20)15(21)10-13/h3-6,9-10H,7-8,11H2,1-2H3. The molecule has 142 valence electrons. The second-order valence-electron chi connectivity index (χ2n) is 5.77. The molecule has 0 atom stereocenters. The third-order valence-corrected chi connectivity index (χ3v) is 5.76. The van der Waals surface area contributed by atoms with E-state index in [1.807, 2.05) is 18.2 Å². The predicted octanol–water partition coefficient (Wildman–Crippen LogP) is 4.82. The lowest BCUT2D eigenvalue weighted by molar-refractivity contribution is -0.124. The average Bonchev–Trinajstić information content (AvgIpc) is 3.02. The normalized spacial score (nSPS) is 15.5. The molecule has 0 unspecified atom stereocenters. The number of thioether (sulfide) groups is 1. The molecule has 0 N–H and O–H groups in total. The molecule has 3 rings (SSSR count). The molecular formula is C19H18Cl2N2O3S. The van der Waals surface area contributed by atoms with Crippen LogP contribution >= 0.6 is 35.0 Å². The monoisotopic (exact) mass is 424 g/mol. The van der Waals surface area contributed by atoms with E-state index in [4.69, 9.17) is 32.7 Å². The van der Waals surface area contributed by atoms with Crippen molar-refractivity contribution >= 4 is 51.7 Å². The summed E-state index contributed by atoms with van der Waals surface area (Å²) in [6, 6.07) is 10.9. The Bertz CT molecular complexity index is 889. The van der Waals surface area contributed by atoms with Crippen LogP contribution in [0, 0.1) is 0 Å². The average molecular weight is 425 g/mol. The molecule has 0 spiro atoms. The third kappa shape index (κ3) is 4.69. The zero-order valence-corrected chi connectivity index (χ0v) is 17.2. The summed E-state index contributed by atoms with van der Waals surface area (Å²) in [6.45, 7) is 0.529. The number of hydrogen-bond donors (Lipinski definition) is 0. The summed E-state index contributed by atoms with van der Waals surface area (Å²) in [4.78, 5) is 18.5. The molecule has 1 amide bonds. The minimum Gasteiger partial charge on any atom is -0.493 e. The van der Waals surface area contributed by atoms with Crippen LogP contribution in [0.1, 0.15) is 5.56 Å². The minimum absolute atomic E-state index is 0.0410. The van der Waals surface area contributed by atoms with Gasteiger partial charge in [-0.3, -0.25) is 9.69 Å². The minimum atomic E-state index is 0.0410. The first-order chi connectivity index (χ1) is 13.0. The SMILES string of the molecule is COc1ccc(CCN2C(=O)CSC2=Nc2ccc(Cl)c(Cl)c2)cc1OC. The number of rotatable bonds is 6. The van der Waals surface area contributed by atoms with E-state index in [1.165, 1.54) is 11.8 Å². The van der Waals surface area contributed by atoms with Gasteiger partial charge in [0.2, 0.25) is 5.91 Å². The molecule has 5 nitrogen and oxygen atoms in total. The van der Waals surface area contributed by atoms with Crippen LogP contribution in [0.3, 0.4) is 0 Å². The number of amides is 1. The van der Waals surface area contributed by atoms with E-state index >= 15 is 0 Å². The molecule has 1 saturated heterocycles. The fourth-order valence-electron chi connectivity index (χ4n) is 2.64. The number of carbonyl (C=O) groups excluding carboxylic acids is 1. The number of benzene rings is 2. The van der Waals surface area contributed by atoms with Crippen molar-refractivity contribution < 1.29 is 14.3 Å². The summed E-state index contributed by atoms with van der Waals surface area (Å²) in [5.74, 6) is 1.77. The van der Waals surface area contributed by atoms with Crippen molar-refractivity contribution in [2.75, 3.05) is 26.5 Å². The quantitative estimate of drug-likeness (QED) is 0.666. The maximum absolute atomic E-state index is 12.3. The zero-order valence-electron chi connectivity index (χ0n) is 14.9. The van der Waals surface area contributed by atoms with Crippen LogP contribution in [0.5, 0.6) is 11.5 Å². The Morgan fingerprint density at radius 2 is 1.85 bits per heavy atom. The lowest BCUT2D eigenvalue weighted by Crippen LogP contribution is -2.31. The number of hydrogen-bond acceptors (Lipinski definition) is 5. The molecule has 0 aromatic heterocycles. The maximum Gasteiger partial charge on any atom is 0.239 e. The lowest BCUT2D eigenvalue weighted by atomic mass is 10.1. The van der Waals surface area contributed by atoms with Crippen molar-refractivity contribution in [3.63, 3.8) is 0 Å². The Morgan fingerprint density at radius 3 is 2.56 bits per heavy atom. The number of nitrogens with zero attached hydrogens (tertiary/aromatic N) is 2. The van der Waals surface area contributed by atoms with E-state index < -0.39 is 0 Å². The van der Waals surface area contributed by atoms with Crippen molar-refractivity contribution in [2.24, 2.45) is 4.99 Å². The molecule has 1 heterocycles. The van der Waals surface area contributed by atoms with Crippen LogP contribution in [0.4, 0.5) is 5.69 Å². The predicted molar refractivity (Wildman–Crippen MR) is 111 cm³/mol. The van der Waals surface area contributed by atoms with Crippen molar-refractivity contribution in [1.29, 1.82) is 0 Å². The number of aliphatic imine (C=N–C) groups is 1. The largest absolute Gasteiger partial charge is 0.493 e. The highest BCUT2D eigenvalue weighted by molar-refractivity contribution is 8.15. The molecule has 1 aliphatic rings. The molecular weight excluding hydrogens is 407 g/mol. The Morgan fingerprint density at radius 1 is 1.07 bits per heavy atom. The molecule has 1 fully saturated rings. The van der Waals surface area contributed by atoms with Gasteiger partial charge in [-0.05, 0) is 42.3 Å². The summed E-state index contributed by atoms with van der Waals surface area (Å²) in [7, 11) is 3.20. The maximum atomic E-state index is 12.3. The second-order valence-corrected chi connectivity index (χ2v) is 7.52. The highest BCUT2D eigenvalue weighted by atomic mass is 35.5. The van der Waals surface area contributed by atoms with Crippen molar-refractivity contribution in [3.8, 4) is 11.5 Å². The first-order valence-electron chi connectivity index (χ1n) is 8.19. The van der Waals surface area contributed by atoms with Crippen LogP contribution in [0.25, 0.3) is 0 Å². The molecule has 1 aliphatic heterocycles. The van der Waals surface area contributed by atoms with Gasteiger partial charge in [-0.1, -0.05) is 41.0 Å². The van der Waals surface area contributed by atoms with E-state index in [-0.39, 0.29) is 5.91 Å². The highest BCUT2D eigenvalue weighted by Crippen LogP contribution is 2.30. The fourth-order valence-corrected chi connectivity index (χ4v) is 3.86. The molecule has 0 bridgehead atoms. The summed E-state index contributed by atoms with van der Waals surface area (Å²) in [5, 5.41) is 1.57. The number of carbonyl (C=O) groups is 1. The Hall–Kier alpha value is -1.89. The van der Waals surface area contributed by atoms with Gasteiger partial charge >= 0.3 is 0 Å². The van der Waals surface area contributed by atoms with Crippen LogP contribution in [0.15, 0.2) is 41.4 Å². The van der Waals surface area contributed by atoms with E-state index in [0.29, 0.717) is 51.1 Å². The van der Waals surface area contributed by atoms with Crippen LogP contribution in [-0.2, 0) is 11.2 Å². The van der Waals surface area contributed by atoms with Gasteiger partial charge in [-0.15, -0.1) is 0 Å². The first-order valence-corrected chi connectivity index (χ1v) is 9.93. The van der Waals surface area contributed by atoms with Gasteiger partial charge in [-0.2, -0.15) is 0 Å². The van der Waals surface area contributed by atoms with Crippen LogP contribution in [-0.4, -0.2) is 42.5 Å². The Kier molecular flexibility index (Phi) is 6.52. The number of amidine groups is 1. The molecule has 2 aromatic carbocycles. The summed E-state index contributed by atoms with van der Waals surface area (Å²) < 4.78 is 10.6. The second kappa shape index (κ2) is 8.87. The van der Waals surface area contributed by atoms with Gasteiger partial charge in [0, 0.05) is 6.54 Å². The first kappa shape index (κ1) is 19.9. The number of halogens is 2. The summed E-state index contributed by atoms with van der Waals surface area (Å²) in [6.07, 6.45) is 0.674. The molecule has 27 heavy (non-hydrogen) atoms. The summed E-state index contributed by atoms with van der Waals surface area (Å²) in [5.41, 5.74) is 1.71. The molecule has 8 heteroatoms. The Balaban J connectivity index is 1.75.